The monoisotopic (exact) mass is 203 g/mol. The van der Waals surface area contributed by atoms with Crippen molar-refractivity contribution in [3.8, 4) is 0 Å². The van der Waals surface area contributed by atoms with Gasteiger partial charge in [0.15, 0.2) is 0 Å². The fourth-order valence-electron chi connectivity index (χ4n) is 2.03. The van der Waals surface area contributed by atoms with Crippen molar-refractivity contribution in [2.24, 2.45) is 10.8 Å². The molecule has 3 N–H and O–H groups in total. The number of hydrogen-bond acceptors (Lipinski definition) is 3. The Morgan fingerprint density at radius 3 is 3.00 bits per heavy atom. The molecule has 1 aromatic carbocycles. The second-order valence-corrected chi connectivity index (χ2v) is 3.90. The van der Waals surface area contributed by atoms with Crippen LogP contribution in [0.4, 0.5) is 0 Å². The van der Waals surface area contributed by atoms with Crippen molar-refractivity contribution in [2.75, 3.05) is 6.67 Å². The van der Waals surface area contributed by atoms with Crippen LogP contribution in [0.2, 0.25) is 0 Å². The smallest absolute Gasteiger partial charge is 0.0798 e. The number of hydrazone groups is 1. The fourth-order valence-corrected chi connectivity index (χ4v) is 2.03. The van der Waals surface area contributed by atoms with Gasteiger partial charge in [-0.2, -0.15) is 5.10 Å². The van der Waals surface area contributed by atoms with Crippen LogP contribution >= 0.6 is 0 Å². The highest BCUT2D eigenvalue weighted by atomic mass is 15.3. The van der Waals surface area contributed by atoms with E-state index in [2.05, 4.69) is 28.7 Å². The molecule has 0 saturated heterocycles. The van der Waals surface area contributed by atoms with Crippen molar-refractivity contribution in [1.82, 2.24) is 5.43 Å². The number of fused-ring (bicyclic) bond motifs is 1. The Hall–Kier alpha value is -1.35. The van der Waals surface area contributed by atoms with Gasteiger partial charge in [-0.15, -0.1) is 0 Å². The highest BCUT2D eigenvalue weighted by Crippen LogP contribution is 2.22. The minimum atomic E-state index is 0.377. The first-order valence-corrected chi connectivity index (χ1v) is 5.40. The summed E-state index contributed by atoms with van der Waals surface area (Å²) in [6.07, 6.45) is 3.73. The Labute approximate surface area is 90.4 Å². The van der Waals surface area contributed by atoms with Gasteiger partial charge in [-0.25, -0.2) is 0 Å². The van der Waals surface area contributed by atoms with Crippen molar-refractivity contribution in [2.45, 2.75) is 26.2 Å². The van der Waals surface area contributed by atoms with Crippen molar-refractivity contribution in [1.29, 1.82) is 0 Å². The molecule has 0 aromatic heterocycles. The largest absolute Gasteiger partial charge is 0.313 e. The average molecular weight is 203 g/mol. The van der Waals surface area contributed by atoms with E-state index >= 15 is 0 Å². The SMILES string of the molecule is C/C(=N\NCN)c1ccc2c(c1)CCC2. The van der Waals surface area contributed by atoms with Crippen molar-refractivity contribution in [3.05, 3.63) is 34.9 Å². The molecule has 1 aliphatic rings. The molecule has 0 saturated carbocycles. The second-order valence-electron chi connectivity index (χ2n) is 3.90. The lowest BCUT2D eigenvalue weighted by Crippen LogP contribution is -2.18. The lowest BCUT2D eigenvalue weighted by atomic mass is 10.0. The van der Waals surface area contributed by atoms with E-state index < -0.39 is 0 Å². The van der Waals surface area contributed by atoms with E-state index in [-0.39, 0.29) is 0 Å². The first-order chi connectivity index (χ1) is 7.31. The van der Waals surface area contributed by atoms with Crippen molar-refractivity contribution >= 4 is 5.71 Å². The van der Waals surface area contributed by atoms with Crippen LogP contribution in [-0.4, -0.2) is 12.4 Å². The maximum absolute atomic E-state index is 5.33. The topological polar surface area (TPSA) is 50.4 Å². The third-order valence-corrected chi connectivity index (χ3v) is 2.85. The van der Waals surface area contributed by atoms with Crippen LogP contribution in [0.3, 0.4) is 0 Å². The molecule has 3 nitrogen and oxygen atoms in total. The van der Waals surface area contributed by atoms with E-state index in [9.17, 15) is 0 Å². The Morgan fingerprint density at radius 1 is 1.40 bits per heavy atom. The summed E-state index contributed by atoms with van der Waals surface area (Å²) in [6, 6.07) is 6.61. The summed E-state index contributed by atoms with van der Waals surface area (Å²) >= 11 is 0. The summed E-state index contributed by atoms with van der Waals surface area (Å²) in [7, 11) is 0. The summed E-state index contributed by atoms with van der Waals surface area (Å²) in [5, 5.41) is 4.18. The number of benzene rings is 1. The maximum atomic E-state index is 5.33. The molecular formula is C12H17N3. The minimum Gasteiger partial charge on any atom is -0.313 e. The zero-order chi connectivity index (χ0) is 10.7. The molecule has 0 unspecified atom stereocenters. The normalized spacial score (nSPS) is 15.2. The lowest BCUT2D eigenvalue weighted by Gasteiger charge is -2.04. The molecule has 0 radical (unpaired) electrons. The van der Waals surface area contributed by atoms with Gasteiger partial charge in [0, 0.05) is 0 Å². The van der Waals surface area contributed by atoms with Gasteiger partial charge >= 0.3 is 0 Å². The zero-order valence-corrected chi connectivity index (χ0v) is 9.09. The molecule has 2 rings (SSSR count). The van der Waals surface area contributed by atoms with Crippen LogP contribution in [-0.2, 0) is 12.8 Å². The lowest BCUT2D eigenvalue weighted by molar-refractivity contribution is 0.760. The van der Waals surface area contributed by atoms with Crippen LogP contribution in [0.5, 0.6) is 0 Å². The number of nitrogens with two attached hydrogens (primary N) is 1. The van der Waals surface area contributed by atoms with Gasteiger partial charge in [-0.3, -0.25) is 5.43 Å². The van der Waals surface area contributed by atoms with E-state index in [0.717, 1.165) is 5.71 Å². The van der Waals surface area contributed by atoms with Crippen LogP contribution in [0.25, 0.3) is 0 Å². The van der Waals surface area contributed by atoms with E-state index in [1.165, 1.54) is 36.0 Å². The molecule has 0 fully saturated rings. The standard InChI is InChI=1S/C12H17N3/c1-9(15-14-8-13)11-6-5-10-3-2-4-12(10)7-11/h5-7,14H,2-4,8,13H2,1H3/b15-9+. The van der Waals surface area contributed by atoms with Gasteiger partial charge in [0.05, 0.1) is 12.4 Å². The molecule has 0 spiro atoms. The van der Waals surface area contributed by atoms with Gasteiger partial charge in [-0.1, -0.05) is 12.1 Å². The van der Waals surface area contributed by atoms with Crippen LogP contribution in [0.15, 0.2) is 23.3 Å². The highest BCUT2D eigenvalue weighted by molar-refractivity contribution is 5.98. The van der Waals surface area contributed by atoms with E-state index in [1.54, 1.807) is 0 Å². The number of nitrogens with one attached hydrogen (secondary N) is 1. The summed E-state index contributed by atoms with van der Waals surface area (Å²) in [6.45, 7) is 2.38. The molecule has 3 heteroatoms. The Balaban J connectivity index is 2.22. The quantitative estimate of drug-likeness (QED) is 0.443. The van der Waals surface area contributed by atoms with Crippen LogP contribution in [0.1, 0.15) is 30.0 Å². The number of nitrogens with zero attached hydrogens (tertiary/aromatic N) is 1. The molecule has 1 aliphatic carbocycles. The van der Waals surface area contributed by atoms with Gasteiger partial charge < -0.3 is 5.73 Å². The van der Waals surface area contributed by atoms with Crippen LogP contribution in [0, 0.1) is 0 Å². The van der Waals surface area contributed by atoms with Gasteiger partial charge in [0.25, 0.3) is 0 Å². The van der Waals surface area contributed by atoms with E-state index in [1.807, 2.05) is 6.92 Å². The van der Waals surface area contributed by atoms with Crippen LogP contribution < -0.4 is 11.2 Å². The third kappa shape index (κ3) is 2.18. The second kappa shape index (κ2) is 4.45. The van der Waals surface area contributed by atoms with E-state index in [4.69, 9.17) is 5.73 Å². The third-order valence-electron chi connectivity index (χ3n) is 2.85. The van der Waals surface area contributed by atoms with E-state index in [0.29, 0.717) is 6.67 Å². The number of rotatable bonds is 3. The maximum Gasteiger partial charge on any atom is 0.0798 e. The summed E-state index contributed by atoms with van der Waals surface area (Å²) < 4.78 is 0. The summed E-state index contributed by atoms with van der Waals surface area (Å²) in [5.74, 6) is 0. The molecule has 0 bridgehead atoms. The molecule has 0 atom stereocenters. The predicted octanol–water partition coefficient (Wildman–Crippen LogP) is 1.41. The van der Waals surface area contributed by atoms with Gasteiger partial charge in [-0.05, 0) is 48.9 Å². The molecule has 0 amide bonds. The first-order valence-electron chi connectivity index (χ1n) is 5.40. The number of aryl methyl sites for hydroxylation is 2. The predicted molar refractivity (Wildman–Crippen MR) is 62.9 cm³/mol. The fraction of sp³-hybridized carbons (Fsp3) is 0.417. The minimum absolute atomic E-state index is 0.377. The van der Waals surface area contributed by atoms with Gasteiger partial charge in [0.1, 0.15) is 0 Å². The molecule has 80 valence electrons. The van der Waals surface area contributed by atoms with Crippen molar-refractivity contribution < 1.29 is 0 Å². The molecule has 0 aliphatic heterocycles. The Bertz CT molecular complexity index is 382. The van der Waals surface area contributed by atoms with Gasteiger partial charge in [0.2, 0.25) is 0 Å². The highest BCUT2D eigenvalue weighted by Gasteiger charge is 2.11. The molecule has 15 heavy (non-hydrogen) atoms. The molecule has 1 aromatic rings. The summed E-state index contributed by atoms with van der Waals surface area (Å²) in [4.78, 5) is 0. The summed E-state index contributed by atoms with van der Waals surface area (Å²) in [5.41, 5.74) is 13.3. The Kier molecular flexibility index (Phi) is 3.02. The first kappa shape index (κ1) is 10.2. The molecular weight excluding hydrogens is 186 g/mol. The van der Waals surface area contributed by atoms with Crippen molar-refractivity contribution in [3.63, 3.8) is 0 Å². The number of hydrogen-bond donors (Lipinski definition) is 2. The molecule has 0 heterocycles. The average Bonchev–Trinajstić information content (AvgIpc) is 2.72. The Morgan fingerprint density at radius 2 is 2.20 bits per heavy atom. The zero-order valence-electron chi connectivity index (χ0n) is 9.09.